The molecule has 0 radical (unpaired) electrons. The summed E-state index contributed by atoms with van der Waals surface area (Å²) >= 11 is 0. The highest BCUT2D eigenvalue weighted by Gasteiger charge is 2.21. The van der Waals surface area contributed by atoms with Crippen LogP contribution in [0.4, 0.5) is 4.39 Å². The van der Waals surface area contributed by atoms with E-state index in [2.05, 4.69) is 17.1 Å². The zero-order valence-corrected chi connectivity index (χ0v) is 12.8. The van der Waals surface area contributed by atoms with Crippen LogP contribution in [-0.2, 0) is 6.42 Å². The average Bonchev–Trinajstić information content (AvgIpc) is 2.86. The highest BCUT2D eigenvalue weighted by Crippen LogP contribution is 2.17. The predicted molar refractivity (Wildman–Crippen MR) is 82.5 cm³/mol. The van der Waals surface area contributed by atoms with Crippen LogP contribution in [0.1, 0.15) is 30.9 Å². The van der Waals surface area contributed by atoms with Crippen molar-refractivity contribution in [2.45, 2.75) is 33.1 Å². The fourth-order valence-corrected chi connectivity index (χ4v) is 2.98. The predicted octanol–water partition coefficient (Wildman–Crippen LogP) is 3.00. The number of nitrogens with zero attached hydrogens (tertiary/aromatic N) is 1. The van der Waals surface area contributed by atoms with Crippen molar-refractivity contribution in [3.05, 3.63) is 35.1 Å². The van der Waals surface area contributed by atoms with Gasteiger partial charge in [0.15, 0.2) is 0 Å². The van der Waals surface area contributed by atoms with Gasteiger partial charge in [0.2, 0.25) is 0 Å². The van der Waals surface area contributed by atoms with Gasteiger partial charge in [0.25, 0.3) is 0 Å². The van der Waals surface area contributed by atoms with Crippen LogP contribution < -0.4 is 5.32 Å². The molecule has 112 valence electrons. The van der Waals surface area contributed by atoms with Gasteiger partial charge in [-0.05, 0) is 75.0 Å². The lowest BCUT2D eigenvalue weighted by Crippen LogP contribution is -2.28. The summed E-state index contributed by atoms with van der Waals surface area (Å²) in [6.45, 7) is 10.00. The van der Waals surface area contributed by atoms with Crippen LogP contribution >= 0.6 is 0 Å². The Bertz CT molecular complexity index is 419. The number of benzene rings is 1. The van der Waals surface area contributed by atoms with Crippen LogP contribution in [0.3, 0.4) is 0 Å². The maximum Gasteiger partial charge on any atom is 0.123 e. The van der Waals surface area contributed by atoms with E-state index in [-0.39, 0.29) is 5.82 Å². The van der Waals surface area contributed by atoms with Gasteiger partial charge in [0.1, 0.15) is 5.82 Å². The first-order valence-electron chi connectivity index (χ1n) is 7.87. The zero-order valence-electron chi connectivity index (χ0n) is 12.8. The Morgan fingerprint density at radius 1 is 1.40 bits per heavy atom. The van der Waals surface area contributed by atoms with Crippen LogP contribution in [0, 0.1) is 18.7 Å². The molecule has 1 fully saturated rings. The minimum Gasteiger partial charge on any atom is -0.316 e. The summed E-state index contributed by atoms with van der Waals surface area (Å²) in [6.07, 6.45) is 3.54. The summed E-state index contributed by atoms with van der Waals surface area (Å²) in [5.74, 6) is 0.672. The molecule has 1 heterocycles. The van der Waals surface area contributed by atoms with Crippen molar-refractivity contribution >= 4 is 0 Å². The van der Waals surface area contributed by atoms with E-state index in [9.17, 15) is 4.39 Å². The Hall–Kier alpha value is -0.930. The van der Waals surface area contributed by atoms with E-state index in [1.165, 1.54) is 31.5 Å². The lowest BCUT2D eigenvalue weighted by Gasteiger charge is -2.17. The van der Waals surface area contributed by atoms with Gasteiger partial charge in [-0.25, -0.2) is 4.39 Å². The second-order valence-electron chi connectivity index (χ2n) is 5.98. The lowest BCUT2D eigenvalue weighted by atomic mass is 10.1. The van der Waals surface area contributed by atoms with Gasteiger partial charge < -0.3 is 10.2 Å². The molecule has 1 aromatic carbocycles. The van der Waals surface area contributed by atoms with Crippen molar-refractivity contribution in [2.75, 3.05) is 32.7 Å². The molecule has 0 aromatic heterocycles. The Labute approximate surface area is 122 Å². The SMILES string of the molecule is CCCNCC1CCN(CCc2ccc(F)cc2C)C1. The van der Waals surface area contributed by atoms with E-state index < -0.39 is 0 Å². The molecule has 0 amide bonds. The standard InChI is InChI=1S/C17H27FN2/c1-3-8-19-12-15-6-9-20(13-15)10-7-16-4-5-17(18)11-14(16)2/h4-5,11,15,19H,3,6-10,12-13H2,1-2H3. The molecular weight excluding hydrogens is 251 g/mol. The molecule has 2 nitrogen and oxygen atoms in total. The van der Waals surface area contributed by atoms with Crippen LogP contribution in [0.15, 0.2) is 18.2 Å². The van der Waals surface area contributed by atoms with Gasteiger partial charge >= 0.3 is 0 Å². The normalized spacial score (nSPS) is 19.6. The molecular formula is C17H27FN2. The number of aryl methyl sites for hydroxylation is 1. The van der Waals surface area contributed by atoms with Gasteiger partial charge in [-0.15, -0.1) is 0 Å². The Morgan fingerprint density at radius 2 is 2.25 bits per heavy atom. The largest absolute Gasteiger partial charge is 0.316 e. The third kappa shape index (κ3) is 4.57. The smallest absolute Gasteiger partial charge is 0.123 e. The summed E-state index contributed by atoms with van der Waals surface area (Å²) in [6, 6.07) is 5.14. The monoisotopic (exact) mass is 278 g/mol. The van der Waals surface area contributed by atoms with Crippen molar-refractivity contribution in [3.8, 4) is 0 Å². The molecule has 0 saturated carbocycles. The van der Waals surface area contributed by atoms with Crippen molar-refractivity contribution in [2.24, 2.45) is 5.92 Å². The molecule has 1 aliphatic heterocycles. The molecule has 0 bridgehead atoms. The van der Waals surface area contributed by atoms with E-state index in [4.69, 9.17) is 0 Å². The van der Waals surface area contributed by atoms with Crippen LogP contribution in [0.2, 0.25) is 0 Å². The first-order chi connectivity index (χ1) is 9.69. The van der Waals surface area contributed by atoms with E-state index in [0.717, 1.165) is 37.5 Å². The van der Waals surface area contributed by atoms with Gasteiger partial charge in [0.05, 0.1) is 0 Å². The zero-order chi connectivity index (χ0) is 14.4. The molecule has 3 heteroatoms. The van der Waals surface area contributed by atoms with Crippen molar-refractivity contribution in [1.82, 2.24) is 10.2 Å². The molecule has 20 heavy (non-hydrogen) atoms. The lowest BCUT2D eigenvalue weighted by molar-refractivity contribution is 0.325. The van der Waals surface area contributed by atoms with Crippen LogP contribution in [0.25, 0.3) is 0 Å². The fraction of sp³-hybridized carbons (Fsp3) is 0.647. The summed E-state index contributed by atoms with van der Waals surface area (Å²) in [4.78, 5) is 2.54. The van der Waals surface area contributed by atoms with Crippen molar-refractivity contribution in [3.63, 3.8) is 0 Å². The molecule has 1 atom stereocenters. The van der Waals surface area contributed by atoms with E-state index in [0.29, 0.717) is 0 Å². The number of halogens is 1. The van der Waals surface area contributed by atoms with Crippen LogP contribution in [-0.4, -0.2) is 37.6 Å². The van der Waals surface area contributed by atoms with Crippen molar-refractivity contribution < 1.29 is 4.39 Å². The van der Waals surface area contributed by atoms with Crippen LogP contribution in [0.5, 0.6) is 0 Å². The number of hydrogen-bond acceptors (Lipinski definition) is 2. The molecule has 2 rings (SSSR count). The molecule has 0 aliphatic carbocycles. The highest BCUT2D eigenvalue weighted by molar-refractivity contribution is 5.26. The van der Waals surface area contributed by atoms with Gasteiger partial charge in [-0.1, -0.05) is 13.0 Å². The quantitative estimate of drug-likeness (QED) is 0.771. The minimum absolute atomic E-state index is 0.130. The Balaban J connectivity index is 1.72. The van der Waals surface area contributed by atoms with E-state index in [1.807, 2.05) is 13.0 Å². The topological polar surface area (TPSA) is 15.3 Å². The molecule has 1 unspecified atom stereocenters. The number of rotatable bonds is 7. The fourth-order valence-electron chi connectivity index (χ4n) is 2.98. The van der Waals surface area contributed by atoms with E-state index in [1.54, 1.807) is 12.1 Å². The molecule has 1 N–H and O–H groups in total. The van der Waals surface area contributed by atoms with Gasteiger partial charge in [-0.2, -0.15) is 0 Å². The molecule has 1 aromatic rings. The Kier molecular flexibility index (Phi) is 5.99. The van der Waals surface area contributed by atoms with Gasteiger partial charge in [-0.3, -0.25) is 0 Å². The highest BCUT2D eigenvalue weighted by atomic mass is 19.1. The summed E-state index contributed by atoms with van der Waals surface area (Å²) in [7, 11) is 0. The third-order valence-electron chi connectivity index (χ3n) is 4.23. The first kappa shape index (κ1) is 15.5. The average molecular weight is 278 g/mol. The third-order valence-corrected chi connectivity index (χ3v) is 4.23. The number of likely N-dealkylation sites (tertiary alicyclic amines) is 1. The maximum atomic E-state index is 13.1. The van der Waals surface area contributed by atoms with E-state index >= 15 is 0 Å². The number of nitrogens with one attached hydrogen (secondary N) is 1. The second-order valence-corrected chi connectivity index (χ2v) is 5.98. The first-order valence-corrected chi connectivity index (χ1v) is 7.87. The summed E-state index contributed by atoms with van der Waals surface area (Å²) in [5, 5.41) is 3.52. The summed E-state index contributed by atoms with van der Waals surface area (Å²) < 4.78 is 13.1. The number of hydrogen-bond donors (Lipinski definition) is 1. The molecule has 0 spiro atoms. The molecule has 1 saturated heterocycles. The second kappa shape index (κ2) is 7.75. The van der Waals surface area contributed by atoms with Gasteiger partial charge in [0, 0.05) is 13.1 Å². The minimum atomic E-state index is -0.130. The Morgan fingerprint density at radius 3 is 3.00 bits per heavy atom. The maximum absolute atomic E-state index is 13.1. The summed E-state index contributed by atoms with van der Waals surface area (Å²) in [5.41, 5.74) is 2.35. The molecule has 1 aliphatic rings. The van der Waals surface area contributed by atoms with Crippen molar-refractivity contribution in [1.29, 1.82) is 0 Å².